The highest BCUT2D eigenvalue weighted by molar-refractivity contribution is 7.54. The van der Waals surface area contributed by atoms with Crippen LogP contribution in [-0.2, 0) is 25.4 Å². The van der Waals surface area contributed by atoms with Crippen LogP contribution >= 0.6 is 7.60 Å². The van der Waals surface area contributed by atoms with E-state index in [0.29, 0.717) is 12.6 Å². The van der Waals surface area contributed by atoms with Crippen molar-refractivity contribution in [3.05, 3.63) is 35.4 Å². The van der Waals surface area contributed by atoms with E-state index in [2.05, 4.69) is 45.0 Å². The maximum Gasteiger partial charge on any atom is 0.332 e. The molecular formula is C18H29O3P. The van der Waals surface area contributed by atoms with Gasteiger partial charge in [0, 0.05) is 0 Å². The molecule has 0 N–H and O–H groups in total. The van der Waals surface area contributed by atoms with Gasteiger partial charge in [-0.05, 0) is 50.7 Å². The van der Waals surface area contributed by atoms with Gasteiger partial charge in [0.25, 0.3) is 0 Å². The lowest BCUT2D eigenvalue weighted by molar-refractivity contribution is 0.00578. The van der Waals surface area contributed by atoms with E-state index < -0.39 is 18.8 Å². The monoisotopic (exact) mass is 324 g/mol. The fourth-order valence-corrected chi connectivity index (χ4v) is 5.05. The SMILES string of the molecule is CC(C)(C)c1ccc(CCP2(=O)OC(C)(C)C(C)(C)O2)cc1. The zero-order chi connectivity index (χ0) is 16.8. The minimum absolute atomic E-state index is 0.150. The molecule has 4 heteroatoms. The molecule has 3 nitrogen and oxygen atoms in total. The summed E-state index contributed by atoms with van der Waals surface area (Å²) in [6.07, 6.45) is 1.13. The van der Waals surface area contributed by atoms with E-state index in [1.807, 2.05) is 27.7 Å². The van der Waals surface area contributed by atoms with Crippen molar-refractivity contribution in [1.82, 2.24) is 0 Å². The zero-order valence-electron chi connectivity index (χ0n) is 14.9. The summed E-state index contributed by atoms with van der Waals surface area (Å²) in [5.41, 5.74) is 1.56. The average Bonchev–Trinajstić information content (AvgIpc) is 2.51. The molecule has 1 aromatic carbocycles. The quantitative estimate of drug-likeness (QED) is 0.706. The maximum absolute atomic E-state index is 12.8. The summed E-state index contributed by atoms with van der Waals surface area (Å²) in [5.74, 6) is 0. The number of hydrogen-bond donors (Lipinski definition) is 0. The Hall–Kier alpha value is -0.630. The largest absolute Gasteiger partial charge is 0.332 e. The van der Waals surface area contributed by atoms with Gasteiger partial charge in [-0.25, -0.2) is 0 Å². The molecule has 2 rings (SSSR count). The van der Waals surface area contributed by atoms with Gasteiger partial charge in [0.1, 0.15) is 11.2 Å². The molecule has 124 valence electrons. The first-order valence-corrected chi connectivity index (χ1v) is 9.68. The van der Waals surface area contributed by atoms with E-state index in [1.165, 1.54) is 5.56 Å². The Kier molecular flexibility index (Phi) is 4.41. The number of benzene rings is 1. The van der Waals surface area contributed by atoms with Gasteiger partial charge in [-0.1, -0.05) is 45.0 Å². The van der Waals surface area contributed by atoms with Crippen molar-refractivity contribution in [2.75, 3.05) is 6.16 Å². The Bertz CT molecular complexity index is 559. The van der Waals surface area contributed by atoms with Gasteiger partial charge < -0.3 is 0 Å². The van der Waals surface area contributed by atoms with Crippen molar-refractivity contribution in [1.29, 1.82) is 0 Å². The van der Waals surface area contributed by atoms with Crippen molar-refractivity contribution < 1.29 is 13.6 Å². The Labute approximate surface area is 134 Å². The molecule has 1 aliphatic heterocycles. The summed E-state index contributed by atoms with van der Waals surface area (Å²) in [5, 5.41) is 0. The minimum atomic E-state index is -3.02. The molecule has 0 amide bonds. The lowest BCUT2D eigenvalue weighted by Crippen LogP contribution is -2.41. The van der Waals surface area contributed by atoms with Crippen LogP contribution in [0.2, 0.25) is 0 Å². The summed E-state index contributed by atoms with van der Waals surface area (Å²) in [6, 6.07) is 8.52. The highest BCUT2D eigenvalue weighted by Gasteiger charge is 2.54. The van der Waals surface area contributed by atoms with Gasteiger partial charge in [0.2, 0.25) is 0 Å². The first kappa shape index (κ1) is 17.7. The van der Waals surface area contributed by atoms with Crippen LogP contribution in [0.25, 0.3) is 0 Å². The van der Waals surface area contributed by atoms with Crippen molar-refractivity contribution in [3.63, 3.8) is 0 Å². The van der Waals surface area contributed by atoms with Gasteiger partial charge in [-0.2, -0.15) is 0 Å². The number of rotatable bonds is 3. The van der Waals surface area contributed by atoms with Gasteiger partial charge in [0.15, 0.2) is 0 Å². The molecule has 0 spiro atoms. The smallest absolute Gasteiger partial charge is 0.299 e. The third-order valence-electron chi connectivity index (χ3n) is 4.68. The van der Waals surface area contributed by atoms with Gasteiger partial charge >= 0.3 is 7.60 Å². The predicted molar refractivity (Wildman–Crippen MR) is 91.6 cm³/mol. The van der Waals surface area contributed by atoms with E-state index in [1.54, 1.807) is 0 Å². The Morgan fingerprint density at radius 3 is 1.82 bits per heavy atom. The summed E-state index contributed by atoms with van der Waals surface area (Å²) >= 11 is 0. The molecule has 22 heavy (non-hydrogen) atoms. The van der Waals surface area contributed by atoms with E-state index >= 15 is 0 Å². The second-order valence-electron chi connectivity index (χ2n) is 8.23. The molecule has 0 unspecified atom stereocenters. The molecule has 0 aromatic heterocycles. The first-order chi connectivity index (χ1) is 9.85. The van der Waals surface area contributed by atoms with Crippen molar-refractivity contribution in [3.8, 4) is 0 Å². The molecular weight excluding hydrogens is 295 g/mol. The van der Waals surface area contributed by atoms with Crippen LogP contribution in [0.3, 0.4) is 0 Å². The fraction of sp³-hybridized carbons (Fsp3) is 0.667. The molecule has 0 bridgehead atoms. The van der Waals surface area contributed by atoms with Crippen LogP contribution in [0.4, 0.5) is 0 Å². The molecule has 1 saturated heterocycles. The summed E-state index contributed by atoms with van der Waals surface area (Å²) in [6.45, 7) is 14.3. The number of hydrogen-bond acceptors (Lipinski definition) is 3. The number of aryl methyl sites for hydroxylation is 1. The van der Waals surface area contributed by atoms with E-state index in [4.69, 9.17) is 9.05 Å². The van der Waals surface area contributed by atoms with Crippen molar-refractivity contribution in [2.24, 2.45) is 0 Å². The molecule has 0 atom stereocenters. The topological polar surface area (TPSA) is 35.5 Å². The van der Waals surface area contributed by atoms with Gasteiger partial charge in [0.05, 0.1) is 6.16 Å². The average molecular weight is 324 g/mol. The lowest BCUT2D eigenvalue weighted by Gasteiger charge is -2.29. The Morgan fingerprint density at radius 1 is 0.955 bits per heavy atom. The minimum Gasteiger partial charge on any atom is -0.299 e. The lowest BCUT2D eigenvalue weighted by atomic mass is 9.86. The van der Waals surface area contributed by atoms with Crippen molar-refractivity contribution >= 4 is 7.60 Å². The summed E-state index contributed by atoms with van der Waals surface area (Å²) < 4.78 is 24.4. The third kappa shape index (κ3) is 3.64. The van der Waals surface area contributed by atoms with Crippen LogP contribution in [0.15, 0.2) is 24.3 Å². The van der Waals surface area contributed by atoms with Crippen LogP contribution in [0, 0.1) is 0 Å². The second kappa shape index (κ2) is 5.47. The highest BCUT2D eigenvalue weighted by atomic mass is 31.2. The van der Waals surface area contributed by atoms with E-state index in [0.717, 1.165) is 5.56 Å². The third-order valence-corrected chi connectivity index (χ3v) is 6.92. The zero-order valence-corrected chi connectivity index (χ0v) is 15.8. The van der Waals surface area contributed by atoms with Crippen molar-refractivity contribution in [2.45, 2.75) is 71.5 Å². The van der Waals surface area contributed by atoms with Crippen LogP contribution in [0.1, 0.15) is 59.6 Å². The van der Waals surface area contributed by atoms with E-state index in [-0.39, 0.29) is 5.41 Å². The molecule has 1 aromatic rings. The fourth-order valence-electron chi connectivity index (χ4n) is 2.46. The highest BCUT2D eigenvalue weighted by Crippen LogP contribution is 2.63. The Balaban J connectivity index is 2.04. The first-order valence-electron chi connectivity index (χ1n) is 7.95. The molecule has 0 radical (unpaired) electrons. The Morgan fingerprint density at radius 2 is 1.41 bits per heavy atom. The van der Waals surface area contributed by atoms with E-state index in [9.17, 15) is 4.57 Å². The summed E-state index contributed by atoms with van der Waals surface area (Å²) in [4.78, 5) is 0. The molecule has 1 heterocycles. The van der Waals surface area contributed by atoms with Gasteiger partial charge in [-0.3, -0.25) is 13.6 Å². The predicted octanol–water partition coefficient (Wildman–Crippen LogP) is 5.32. The molecule has 0 aliphatic carbocycles. The standard InChI is InChI=1S/C18H29O3P/c1-16(2,3)15-10-8-14(9-11-15)12-13-22(19)20-17(4,5)18(6,7)21-22/h8-11H,12-13H2,1-7H3. The molecule has 1 fully saturated rings. The van der Waals surface area contributed by atoms with Crippen LogP contribution in [0.5, 0.6) is 0 Å². The van der Waals surface area contributed by atoms with Crippen LogP contribution in [-0.4, -0.2) is 17.4 Å². The molecule has 0 saturated carbocycles. The maximum atomic E-state index is 12.8. The second-order valence-corrected chi connectivity index (χ2v) is 10.3. The van der Waals surface area contributed by atoms with Gasteiger partial charge in [-0.15, -0.1) is 0 Å². The van der Waals surface area contributed by atoms with Crippen LogP contribution < -0.4 is 0 Å². The normalized spacial score (nSPS) is 22.7. The molecule has 1 aliphatic rings. The summed E-state index contributed by atoms with van der Waals surface area (Å²) in [7, 11) is -3.02.